The third-order valence-electron chi connectivity index (χ3n) is 5.09. The minimum Gasteiger partial charge on any atom is -0.494 e. The van der Waals surface area contributed by atoms with Crippen molar-refractivity contribution in [2.24, 2.45) is 0 Å². The highest BCUT2D eigenvalue weighted by Crippen LogP contribution is 2.46. The summed E-state index contributed by atoms with van der Waals surface area (Å²) in [5, 5.41) is 9.36. The summed E-state index contributed by atoms with van der Waals surface area (Å²) in [6, 6.07) is 6.46. The number of allylic oxidation sites excluding steroid dienone is 2. The van der Waals surface area contributed by atoms with Gasteiger partial charge in [-0.1, -0.05) is 0 Å². The molecule has 0 aliphatic heterocycles. The molecular weight excluding hydrogens is 391 g/mol. The van der Waals surface area contributed by atoms with E-state index >= 15 is 0 Å². The van der Waals surface area contributed by atoms with Gasteiger partial charge in [0.1, 0.15) is 0 Å². The van der Waals surface area contributed by atoms with E-state index in [4.69, 9.17) is 18.9 Å². The van der Waals surface area contributed by atoms with Gasteiger partial charge < -0.3 is 24.1 Å². The number of carboxylic acids is 1. The van der Waals surface area contributed by atoms with Gasteiger partial charge in [-0.05, 0) is 70.7 Å². The summed E-state index contributed by atoms with van der Waals surface area (Å²) in [4.78, 5) is 11.4. The van der Waals surface area contributed by atoms with Gasteiger partial charge in [-0.2, -0.15) is 0 Å². The Kier molecular flexibility index (Phi) is 6.01. The van der Waals surface area contributed by atoms with Gasteiger partial charge >= 0.3 is 5.97 Å². The average molecular weight is 414 g/mol. The molecule has 2 aromatic carbocycles. The molecule has 2 aromatic rings. The summed E-state index contributed by atoms with van der Waals surface area (Å²) in [6.07, 6.45) is 1.67. The number of hydrogen-bond acceptors (Lipinski definition) is 5. The Balaban J connectivity index is 2.23. The standard InChI is InChI=1S/C23H23FO6/c1-12-14(6-13-7-20(28-3)23(30-5)21(8-13)29-4)16-9-18(24)19(27-2)10-17(16)15(12)11-22(25)26/h6-10H,11H2,1-5H3,(H,25,26). The molecule has 3 rings (SSSR count). The van der Waals surface area contributed by atoms with E-state index in [0.717, 1.165) is 16.7 Å². The van der Waals surface area contributed by atoms with Crippen LogP contribution in [0.4, 0.5) is 4.39 Å². The third kappa shape index (κ3) is 3.70. The number of hydrogen-bond donors (Lipinski definition) is 1. The smallest absolute Gasteiger partial charge is 0.307 e. The number of carboxylic acid groups (broad SMARTS) is 1. The quantitative estimate of drug-likeness (QED) is 0.710. The molecule has 0 saturated heterocycles. The maximum atomic E-state index is 14.5. The summed E-state index contributed by atoms with van der Waals surface area (Å²) < 4.78 is 35.7. The lowest BCUT2D eigenvalue weighted by Gasteiger charge is -2.13. The summed E-state index contributed by atoms with van der Waals surface area (Å²) in [5.74, 6) is 0.0107. The van der Waals surface area contributed by atoms with Crippen LogP contribution in [0.25, 0.3) is 17.2 Å². The molecule has 6 nitrogen and oxygen atoms in total. The molecule has 0 heterocycles. The van der Waals surface area contributed by atoms with Crippen molar-refractivity contribution in [3.63, 3.8) is 0 Å². The van der Waals surface area contributed by atoms with Gasteiger partial charge in [-0.15, -0.1) is 0 Å². The van der Waals surface area contributed by atoms with Gasteiger partial charge in [0, 0.05) is 0 Å². The van der Waals surface area contributed by atoms with E-state index in [1.165, 1.54) is 34.5 Å². The summed E-state index contributed by atoms with van der Waals surface area (Å²) in [6.45, 7) is 1.83. The fourth-order valence-electron chi connectivity index (χ4n) is 3.67. The molecule has 0 bridgehead atoms. The highest BCUT2D eigenvalue weighted by Gasteiger charge is 2.27. The van der Waals surface area contributed by atoms with Gasteiger partial charge in [0.2, 0.25) is 5.75 Å². The van der Waals surface area contributed by atoms with Crippen molar-refractivity contribution in [1.29, 1.82) is 0 Å². The highest BCUT2D eigenvalue weighted by atomic mass is 19.1. The van der Waals surface area contributed by atoms with Crippen molar-refractivity contribution >= 4 is 23.2 Å². The monoisotopic (exact) mass is 414 g/mol. The number of methoxy groups -OCH3 is 4. The molecule has 1 aliphatic carbocycles. The Hall–Kier alpha value is -3.48. The first-order valence-electron chi connectivity index (χ1n) is 9.16. The molecule has 0 saturated carbocycles. The zero-order chi connectivity index (χ0) is 22.0. The van der Waals surface area contributed by atoms with Crippen LogP contribution in [0.1, 0.15) is 30.0 Å². The van der Waals surface area contributed by atoms with Crippen LogP contribution in [0.2, 0.25) is 0 Å². The number of rotatable bonds is 7. The van der Waals surface area contributed by atoms with Crippen LogP contribution in [0.3, 0.4) is 0 Å². The normalized spacial score (nSPS) is 14.0. The Morgan fingerprint density at radius 1 is 0.933 bits per heavy atom. The molecule has 1 aliphatic rings. The lowest BCUT2D eigenvalue weighted by Crippen LogP contribution is -1.98. The topological polar surface area (TPSA) is 74.2 Å². The first kappa shape index (κ1) is 21.2. The Morgan fingerprint density at radius 3 is 2.03 bits per heavy atom. The maximum Gasteiger partial charge on any atom is 0.307 e. The number of ether oxygens (including phenoxy) is 4. The molecule has 0 spiro atoms. The van der Waals surface area contributed by atoms with E-state index in [-0.39, 0.29) is 12.2 Å². The second-order valence-corrected chi connectivity index (χ2v) is 6.72. The van der Waals surface area contributed by atoms with Crippen LogP contribution < -0.4 is 18.9 Å². The molecule has 7 heteroatoms. The van der Waals surface area contributed by atoms with Crippen LogP contribution in [-0.2, 0) is 4.79 Å². The molecule has 0 fully saturated rings. The van der Waals surface area contributed by atoms with Crippen LogP contribution in [0, 0.1) is 5.82 Å². The molecule has 30 heavy (non-hydrogen) atoms. The van der Waals surface area contributed by atoms with Crippen LogP contribution in [-0.4, -0.2) is 39.5 Å². The molecule has 1 N–H and O–H groups in total. The van der Waals surface area contributed by atoms with E-state index in [9.17, 15) is 14.3 Å². The summed E-state index contributed by atoms with van der Waals surface area (Å²) in [7, 11) is 5.94. The first-order valence-corrected chi connectivity index (χ1v) is 9.16. The van der Waals surface area contributed by atoms with Crippen molar-refractivity contribution in [3.8, 4) is 23.0 Å². The van der Waals surface area contributed by atoms with E-state index in [1.807, 2.05) is 13.0 Å². The first-order chi connectivity index (χ1) is 14.3. The molecule has 0 radical (unpaired) electrons. The van der Waals surface area contributed by atoms with Gasteiger partial charge in [0.15, 0.2) is 23.1 Å². The fraction of sp³-hybridized carbons (Fsp3) is 0.261. The minimum atomic E-state index is -0.965. The van der Waals surface area contributed by atoms with Crippen molar-refractivity contribution < 1.29 is 33.2 Å². The third-order valence-corrected chi connectivity index (χ3v) is 5.09. The zero-order valence-electron chi connectivity index (χ0n) is 17.5. The van der Waals surface area contributed by atoms with Gasteiger partial charge in [-0.3, -0.25) is 4.79 Å². The second-order valence-electron chi connectivity index (χ2n) is 6.72. The summed E-state index contributed by atoms with van der Waals surface area (Å²) >= 11 is 0. The van der Waals surface area contributed by atoms with Crippen LogP contribution in [0.5, 0.6) is 23.0 Å². The molecule has 0 aromatic heterocycles. The maximum absolute atomic E-state index is 14.5. The number of aliphatic carboxylic acids is 1. The largest absolute Gasteiger partial charge is 0.494 e. The van der Waals surface area contributed by atoms with Crippen LogP contribution >= 0.6 is 0 Å². The zero-order valence-corrected chi connectivity index (χ0v) is 17.5. The highest BCUT2D eigenvalue weighted by molar-refractivity contribution is 6.07. The molecule has 0 unspecified atom stereocenters. The van der Waals surface area contributed by atoms with E-state index < -0.39 is 11.8 Å². The number of benzene rings is 2. The molecule has 0 amide bonds. The van der Waals surface area contributed by atoms with Gasteiger partial charge in [-0.25, -0.2) is 4.39 Å². The lowest BCUT2D eigenvalue weighted by molar-refractivity contribution is -0.135. The number of halogens is 1. The van der Waals surface area contributed by atoms with Crippen molar-refractivity contribution in [3.05, 3.63) is 52.3 Å². The van der Waals surface area contributed by atoms with Crippen LogP contribution in [0.15, 0.2) is 29.8 Å². The fourth-order valence-corrected chi connectivity index (χ4v) is 3.67. The Labute approximate surface area is 174 Å². The minimum absolute atomic E-state index is 0.0680. The second kappa shape index (κ2) is 8.49. The van der Waals surface area contributed by atoms with Gasteiger partial charge in [0.05, 0.1) is 34.9 Å². The average Bonchev–Trinajstić information content (AvgIpc) is 2.96. The van der Waals surface area contributed by atoms with Crippen molar-refractivity contribution in [2.75, 3.05) is 28.4 Å². The Bertz CT molecular complexity index is 1040. The van der Waals surface area contributed by atoms with E-state index in [1.54, 1.807) is 18.2 Å². The van der Waals surface area contributed by atoms with Crippen molar-refractivity contribution in [1.82, 2.24) is 0 Å². The molecular formula is C23H23FO6. The predicted molar refractivity (Wildman–Crippen MR) is 112 cm³/mol. The number of fused-ring (bicyclic) bond motifs is 1. The SMILES string of the molecule is COc1cc2c(cc1F)C(=Cc1cc(OC)c(OC)c(OC)c1)C(C)=C2CC(=O)O. The summed E-state index contributed by atoms with van der Waals surface area (Å²) in [5.41, 5.74) is 4.08. The predicted octanol–water partition coefficient (Wildman–Crippen LogP) is 4.66. The molecule has 0 atom stereocenters. The van der Waals surface area contributed by atoms with Crippen molar-refractivity contribution in [2.45, 2.75) is 13.3 Å². The van der Waals surface area contributed by atoms with E-state index in [0.29, 0.717) is 33.9 Å². The number of carbonyl (C=O) groups is 1. The Morgan fingerprint density at radius 2 is 1.53 bits per heavy atom. The van der Waals surface area contributed by atoms with Gasteiger partial charge in [0.25, 0.3) is 0 Å². The molecule has 158 valence electrons. The van der Waals surface area contributed by atoms with E-state index in [2.05, 4.69) is 0 Å². The lowest BCUT2D eigenvalue weighted by atomic mass is 9.99.